The predicted molar refractivity (Wildman–Crippen MR) is 231 cm³/mol. The van der Waals surface area contributed by atoms with E-state index in [0.29, 0.717) is 17.8 Å². The lowest BCUT2D eigenvalue weighted by molar-refractivity contribution is 0.451. The first-order valence-corrected chi connectivity index (χ1v) is 20.5. The summed E-state index contributed by atoms with van der Waals surface area (Å²) in [6.45, 7) is 3.37. The van der Waals surface area contributed by atoms with Crippen LogP contribution in [0.3, 0.4) is 0 Å². The molecule has 5 aliphatic rings. The third kappa shape index (κ3) is 5.39. The zero-order valence-electron chi connectivity index (χ0n) is 31.6. The van der Waals surface area contributed by atoms with Gasteiger partial charge in [0.1, 0.15) is 0 Å². The maximum absolute atomic E-state index is 3.62. The van der Waals surface area contributed by atoms with Gasteiger partial charge in [-0.3, -0.25) is 0 Å². The Morgan fingerprint density at radius 1 is 0.764 bits per heavy atom. The van der Waals surface area contributed by atoms with Gasteiger partial charge in [-0.2, -0.15) is 0 Å². The summed E-state index contributed by atoms with van der Waals surface area (Å²) in [6, 6.07) is 43.8. The summed E-state index contributed by atoms with van der Waals surface area (Å²) in [5.41, 5.74) is 16.6. The Balaban J connectivity index is 1.06. The monoisotopic (exact) mass is 713 g/mol. The van der Waals surface area contributed by atoms with E-state index in [1.54, 1.807) is 0 Å². The van der Waals surface area contributed by atoms with Gasteiger partial charge in [-0.05, 0) is 102 Å². The quantitative estimate of drug-likeness (QED) is 0.184. The smallest absolute Gasteiger partial charge is 0.0602 e. The summed E-state index contributed by atoms with van der Waals surface area (Å²) in [6.07, 6.45) is 21.3. The summed E-state index contributed by atoms with van der Waals surface area (Å²) in [7, 11) is 0. The van der Waals surface area contributed by atoms with E-state index >= 15 is 0 Å². The summed E-state index contributed by atoms with van der Waals surface area (Å²) in [5.74, 6) is 1.34. The van der Waals surface area contributed by atoms with Crippen LogP contribution < -0.4 is 10.2 Å². The van der Waals surface area contributed by atoms with Crippen LogP contribution in [0, 0.1) is 5.92 Å². The van der Waals surface area contributed by atoms with Gasteiger partial charge in [0.2, 0.25) is 0 Å². The molecule has 6 aromatic rings. The highest BCUT2D eigenvalue weighted by molar-refractivity contribution is 6.05. The van der Waals surface area contributed by atoms with Crippen LogP contribution in [-0.2, 0) is 0 Å². The molecule has 3 heterocycles. The van der Waals surface area contributed by atoms with E-state index in [4.69, 9.17) is 0 Å². The third-order valence-corrected chi connectivity index (χ3v) is 13.1. The zero-order chi connectivity index (χ0) is 36.5. The Labute approximate surface area is 324 Å². The highest BCUT2D eigenvalue weighted by Crippen LogP contribution is 2.53. The van der Waals surface area contributed by atoms with Crippen LogP contribution in [-0.4, -0.2) is 17.2 Å². The first kappa shape index (κ1) is 32.6. The maximum atomic E-state index is 3.62. The molecule has 270 valence electrons. The van der Waals surface area contributed by atoms with E-state index in [1.807, 2.05) is 0 Å². The van der Waals surface area contributed by atoms with Crippen molar-refractivity contribution < 1.29 is 0 Å². The van der Waals surface area contributed by atoms with Crippen LogP contribution in [0.1, 0.15) is 74.1 Å². The minimum atomic E-state index is 0.190. The number of para-hydroxylation sites is 2. The summed E-state index contributed by atoms with van der Waals surface area (Å²) in [5, 5.41) is 7.53. The number of benzene rings is 5. The number of allylic oxidation sites excluding steroid dienone is 8. The van der Waals surface area contributed by atoms with Crippen molar-refractivity contribution >= 4 is 32.9 Å². The number of rotatable bonds is 4. The molecule has 0 saturated heterocycles. The first-order valence-electron chi connectivity index (χ1n) is 20.5. The molecule has 11 rings (SSSR count). The van der Waals surface area contributed by atoms with Gasteiger partial charge in [0.05, 0.1) is 17.2 Å². The fourth-order valence-electron chi connectivity index (χ4n) is 10.6. The molecule has 3 heteroatoms. The van der Waals surface area contributed by atoms with E-state index < -0.39 is 0 Å². The van der Waals surface area contributed by atoms with Gasteiger partial charge in [-0.25, -0.2) is 0 Å². The molecule has 55 heavy (non-hydrogen) atoms. The number of hydrogen-bond donors (Lipinski definition) is 1. The zero-order valence-corrected chi connectivity index (χ0v) is 31.6. The van der Waals surface area contributed by atoms with Crippen LogP contribution in [0.5, 0.6) is 0 Å². The van der Waals surface area contributed by atoms with E-state index in [-0.39, 0.29) is 6.04 Å². The summed E-state index contributed by atoms with van der Waals surface area (Å²) >= 11 is 0. The maximum Gasteiger partial charge on any atom is 0.0602 e. The molecular weight excluding hydrogens is 667 g/mol. The first-order chi connectivity index (χ1) is 27.2. The molecule has 5 aromatic carbocycles. The molecule has 0 bridgehead atoms. The molecule has 0 saturated carbocycles. The van der Waals surface area contributed by atoms with Gasteiger partial charge in [-0.15, -0.1) is 0 Å². The number of aromatic nitrogens is 1. The Bertz CT molecular complexity index is 2660. The van der Waals surface area contributed by atoms with E-state index in [1.165, 1.54) is 90.0 Å². The standard InChI is InChI=1S/C52H47N3/c1-34-25-28-50-45(30-34)52-51(44-21-5-7-23-49(44)55(52)47-24-10-13-35-12-2-3-19-42(35)47)43-20-4-6-22-48(43)54(50)41-18-9-16-38(33-41)36-14-8-15-37(31-36)39-26-27-46-40(32-39)17-11-29-53-46/h2-8,10-17,19-25,28,31,33-34,39,45,50,53H,9,18,26-27,29-30,32H2,1H3. The minimum absolute atomic E-state index is 0.190. The topological polar surface area (TPSA) is 20.2 Å². The van der Waals surface area contributed by atoms with Gasteiger partial charge in [0, 0.05) is 57.1 Å². The van der Waals surface area contributed by atoms with Gasteiger partial charge in [0.15, 0.2) is 0 Å². The molecule has 0 fully saturated rings. The van der Waals surface area contributed by atoms with Gasteiger partial charge >= 0.3 is 0 Å². The lowest BCUT2D eigenvalue weighted by Crippen LogP contribution is -2.40. The number of fused-ring (bicyclic) bond motifs is 8. The van der Waals surface area contributed by atoms with Crippen LogP contribution in [0.2, 0.25) is 0 Å². The molecular formula is C52H47N3. The minimum Gasteiger partial charge on any atom is -0.385 e. The largest absolute Gasteiger partial charge is 0.385 e. The molecule has 3 nitrogen and oxygen atoms in total. The SMILES string of the molecule is CC1C=CC2C(C1)c1c(c3ccccc3n1-c1cccc3ccccc13)-c1ccccc1N2C1=CC(c2cccc(C3CCC4=C(C=CCN4)C3)c2)=CCC1. The van der Waals surface area contributed by atoms with Crippen molar-refractivity contribution in [3.8, 4) is 16.8 Å². The second kappa shape index (κ2) is 13.2. The summed E-state index contributed by atoms with van der Waals surface area (Å²) in [4.78, 5) is 2.75. The van der Waals surface area contributed by atoms with Crippen molar-refractivity contribution in [2.75, 3.05) is 11.4 Å². The molecule has 3 aliphatic carbocycles. The molecule has 2 aliphatic heterocycles. The molecule has 4 unspecified atom stereocenters. The van der Waals surface area contributed by atoms with Crippen LogP contribution in [0.15, 0.2) is 169 Å². The average Bonchev–Trinajstić information content (AvgIpc) is 3.53. The normalized spacial score (nSPS) is 23.0. The third-order valence-electron chi connectivity index (χ3n) is 13.1. The Morgan fingerprint density at radius 2 is 1.58 bits per heavy atom. The number of dihydropyridines is 1. The number of nitrogens with one attached hydrogen (secondary N) is 1. The van der Waals surface area contributed by atoms with Crippen molar-refractivity contribution in [2.24, 2.45) is 5.92 Å². The fourth-order valence-corrected chi connectivity index (χ4v) is 10.6. The second-order valence-electron chi connectivity index (χ2n) is 16.4. The second-order valence-corrected chi connectivity index (χ2v) is 16.4. The average molecular weight is 714 g/mol. The van der Waals surface area contributed by atoms with E-state index in [9.17, 15) is 0 Å². The van der Waals surface area contributed by atoms with Gasteiger partial charge < -0.3 is 14.8 Å². The molecule has 0 radical (unpaired) electrons. The van der Waals surface area contributed by atoms with E-state index in [0.717, 1.165) is 38.6 Å². The van der Waals surface area contributed by atoms with Crippen molar-refractivity contribution in [3.63, 3.8) is 0 Å². The fraction of sp³-hybridized carbons (Fsp3) is 0.231. The number of nitrogens with zero attached hydrogens (tertiary/aromatic N) is 2. The number of anilines is 1. The molecule has 0 amide bonds. The predicted octanol–water partition coefficient (Wildman–Crippen LogP) is 12.8. The Kier molecular flexibility index (Phi) is 7.83. The molecule has 1 aromatic heterocycles. The van der Waals surface area contributed by atoms with Gasteiger partial charge in [0.25, 0.3) is 0 Å². The Morgan fingerprint density at radius 3 is 2.55 bits per heavy atom. The van der Waals surface area contributed by atoms with E-state index in [2.05, 4.69) is 173 Å². The van der Waals surface area contributed by atoms with Crippen molar-refractivity contribution in [3.05, 3.63) is 186 Å². The van der Waals surface area contributed by atoms with Crippen molar-refractivity contribution in [1.29, 1.82) is 0 Å². The van der Waals surface area contributed by atoms with Crippen LogP contribution in [0.4, 0.5) is 5.69 Å². The lowest BCUT2D eigenvalue weighted by Gasteiger charge is -2.41. The molecule has 0 spiro atoms. The van der Waals surface area contributed by atoms with Crippen LogP contribution in [0.25, 0.3) is 44.1 Å². The molecule has 4 atom stereocenters. The lowest BCUT2D eigenvalue weighted by atomic mass is 9.79. The Hall–Kier alpha value is -5.80. The van der Waals surface area contributed by atoms with Crippen LogP contribution >= 0.6 is 0 Å². The number of hydrogen-bond acceptors (Lipinski definition) is 2. The molecule has 1 N–H and O–H groups in total. The van der Waals surface area contributed by atoms with Crippen molar-refractivity contribution in [1.82, 2.24) is 9.88 Å². The van der Waals surface area contributed by atoms with Gasteiger partial charge in [-0.1, -0.05) is 134 Å². The summed E-state index contributed by atoms with van der Waals surface area (Å²) < 4.78 is 2.65. The highest BCUT2D eigenvalue weighted by Gasteiger charge is 2.41. The highest BCUT2D eigenvalue weighted by atomic mass is 15.2. The van der Waals surface area contributed by atoms with Crippen molar-refractivity contribution in [2.45, 2.75) is 63.3 Å².